The second-order valence-corrected chi connectivity index (χ2v) is 6.85. The summed E-state index contributed by atoms with van der Waals surface area (Å²) < 4.78 is 8.59. The van der Waals surface area contributed by atoms with Gasteiger partial charge < -0.3 is 4.74 Å². The van der Waals surface area contributed by atoms with Crippen molar-refractivity contribution in [3.05, 3.63) is 88.4 Å². The van der Waals surface area contributed by atoms with E-state index in [2.05, 4.69) is 20.2 Å². The van der Waals surface area contributed by atoms with Crippen molar-refractivity contribution in [3.63, 3.8) is 0 Å². The molecule has 0 atom stereocenters. The Morgan fingerprint density at radius 1 is 1.07 bits per heavy atom. The Kier molecular flexibility index (Phi) is 5.76. The lowest BCUT2D eigenvalue weighted by atomic mass is 10.1. The van der Waals surface area contributed by atoms with Gasteiger partial charge in [0.2, 0.25) is 5.43 Å². The van der Waals surface area contributed by atoms with Crippen LogP contribution in [0.4, 0.5) is 0 Å². The summed E-state index contributed by atoms with van der Waals surface area (Å²) in [5.74, 6) is 0.627. The van der Waals surface area contributed by atoms with Crippen LogP contribution >= 0.6 is 0 Å². The largest absolute Gasteiger partial charge is 0.380 e. The maximum absolute atomic E-state index is 12.4. The fourth-order valence-electron chi connectivity index (χ4n) is 3.12. The number of aryl methyl sites for hydroxylation is 1. The van der Waals surface area contributed by atoms with Crippen LogP contribution in [0.25, 0.3) is 17.1 Å². The quantitative estimate of drug-likeness (QED) is 0.472. The maximum atomic E-state index is 12.4. The molecule has 0 fully saturated rings. The zero-order valence-electron chi connectivity index (χ0n) is 16.9. The minimum absolute atomic E-state index is 0.0975. The zero-order chi connectivity index (χ0) is 20.9. The third-order valence-corrected chi connectivity index (χ3v) is 4.66. The third kappa shape index (κ3) is 4.33. The van der Waals surface area contributed by atoms with Crippen LogP contribution in [-0.4, -0.2) is 36.6 Å². The number of ether oxygens (including phenoxy) is 1. The lowest BCUT2D eigenvalue weighted by molar-refractivity contribution is 0.184. The molecule has 4 rings (SSSR count). The van der Waals surface area contributed by atoms with Gasteiger partial charge in [-0.15, -0.1) is 0 Å². The first-order valence-corrected chi connectivity index (χ1v) is 9.67. The van der Waals surface area contributed by atoms with E-state index in [1.165, 1.54) is 6.07 Å². The van der Waals surface area contributed by atoms with Crippen molar-refractivity contribution in [2.24, 2.45) is 0 Å². The van der Waals surface area contributed by atoms with E-state index in [1.54, 1.807) is 36.6 Å². The zero-order valence-corrected chi connectivity index (χ0v) is 16.9. The normalized spacial score (nSPS) is 11.0. The molecule has 3 aromatic heterocycles. The van der Waals surface area contributed by atoms with E-state index in [-0.39, 0.29) is 5.43 Å². The van der Waals surface area contributed by atoms with Crippen molar-refractivity contribution in [1.82, 2.24) is 29.5 Å². The van der Waals surface area contributed by atoms with Crippen molar-refractivity contribution < 1.29 is 4.74 Å². The molecular weight excluding hydrogens is 380 g/mol. The molecule has 3 heterocycles. The third-order valence-electron chi connectivity index (χ3n) is 4.66. The second kappa shape index (κ2) is 8.79. The van der Waals surface area contributed by atoms with E-state index < -0.39 is 0 Å². The standard InChI is InChI=1S/C22H22N6O2/c1-3-27-14-19(13-25-27)28-8-7-21(29)20(26-28)10-16-5-4-6-18(9-16)22-23-11-17(12-24-22)15-30-2/h4-9,11-14H,3,10,15H2,1-2H3. The van der Waals surface area contributed by atoms with Gasteiger partial charge in [-0.25, -0.2) is 14.6 Å². The van der Waals surface area contributed by atoms with Gasteiger partial charge in [0, 0.05) is 55.9 Å². The van der Waals surface area contributed by atoms with Crippen LogP contribution in [-0.2, 0) is 24.3 Å². The van der Waals surface area contributed by atoms with Gasteiger partial charge >= 0.3 is 0 Å². The molecule has 0 radical (unpaired) electrons. The Labute approximate surface area is 173 Å². The predicted octanol–water partition coefficient (Wildman–Crippen LogP) is 2.64. The van der Waals surface area contributed by atoms with E-state index in [0.29, 0.717) is 24.5 Å². The first-order valence-electron chi connectivity index (χ1n) is 9.67. The predicted molar refractivity (Wildman–Crippen MR) is 112 cm³/mol. The number of hydrogen-bond donors (Lipinski definition) is 0. The van der Waals surface area contributed by atoms with Gasteiger partial charge in [0.15, 0.2) is 5.82 Å². The van der Waals surface area contributed by atoms with Gasteiger partial charge in [-0.2, -0.15) is 10.2 Å². The minimum Gasteiger partial charge on any atom is -0.380 e. The summed E-state index contributed by atoms with van der Waals surface area (Å²) >= 11 is 0. The molecule has 8 heteroatoms. The van der Waals surface area contributed by atoms with Gasteiger partial charge in [-0.3, -0.25) is 9.48 Å². The molecular formula is C22H22N6O2. The highest BCUT2D eigenvalue weighted by molar-refractivity contribution is 5.56. The van der Waals surface area contributed by atoms with Gasteiger partial charge in [-0.1, -0.05) is 18.2 Å². The molecule has 0 saturated carbocycles. The van der Waals surface area contributed by atoms with Crippen LogP contribution in [0, 0.1) is 0 Å². The van der Waals surface area contributed by atoms with Gasteiger partial charge in [0.25, 0.3) is 0 Å². The molecule has 0 bridgehead atoms. The lowest BCUT2D eigenvalue weighted by Gasteiger charge is -2.07. The molecule has 4 aromatic rings. The molecule has 0 N–H and O–H groups in total. The van der Waals surface area contributed by atoms with Gasteiger partial charge in [-0.05, 0) is 18.6 Å². The summed E-state index contributed by atoms with van der Waals surface area (Å²) in [6.45, 7) is 3.26. The molecule has 0 aliphatic heterocycles. The van der Waals surface area contributed by atoms with Gasteiger partial charge in [0.1, 0.15) is 11.4 Å². The fraction of sp³-hybridized carbons (Fsp3) is 0.227. The summed E-state index contributed by atoms with van der Waals surface area (Å²) in [5, 5.41) is 8.79. The average Bonchev–Trinajstić information content (AvgIpc) is 3.26. The molecule has 1 aromatic carbocycles. The van der Waals surface area contributed by atoms with E-state index in [1.807, 2.05) is 42.1 Å². The first kappa shape index (κ1) is 19.7. The highest BCUT2D eigenvalue weighted by Crippen LogP contribution is 2.18. The molecule has 0 saturated heterocycles. The number of nitrogens with zero attached hydrogens (tertiary/aromatic N) is 6. The Morgan fingerprint density at radius 2 is 1.90 bits per heavy atom. The van der Waals surface area contributed by atoms with Crippen LogP contribution in [0.2, 0.25) is 0 Å². The van der Waals surface area contributed by atoms with Crippen molar-refractivity contribution in [3.8, 4) is 17.1 Å². The maximum Gasteiger partial charge on any atom is 0.203 e. The molecule has 0 unspecified atom stereocenters. The summed E-state index contributed by atoms with van der Waals surface area (Å²) in [5.41, 5.74) is 3.95. The summed E-state index contributed by atoms with van der Waals surface area (Å²) in [7, 11) is 1.64. The molecule has 0 amide bonds. The second-order valence-electron chi connectivity index (χ2n) is 6.85. The lowest BCUT2D eigenvalue weighted by Crippen LogP contribution is -2.16. The van der Waals surface area contributed by atoms with Crippen LogP contribution in [0.1, 0.15) is 23.7 Å². The number of aromatic nitrogens is 6. The van der Waals surface area contributed by atoms with Crippen molar-refractivity contribution in [1.29, 1.82) is 0 Å². The van der Waals surface area contributed by atoms with Crippen molar-refractivity contribution in [2.75, 3.05) is 7.11 Å². The molecule has 0 aliphatic rings. The molecule has 0 spiro atoms. The molecule has 152 valence electrons. The number of rotatable bonds is 7. The average molecular weight is 402 g/mol. The Morgan fingerprint density at radius 3 is 2.63 bits per heavy atom. The summed E-state index contributed by atoms with van der Waals surface area (Å²) in [4.78, 5) is 21.2. The Balaban J connectivity index is 1.59. The topological polar surface area (TPSA) is 87.7 Å². The smallest absolute Gasteiger partial charge is 0.203 e. The van der Waals surface area contributed by atoms with Crippen molar-refractivity contribution >= 4 is 0 Å². The SMILES string of the molecule is CCn1cc(-n2ccc(=O)c(Cc3cccc(-c4ncc(COC)cn4)c3)n2)cn1. The van der Waals surface area contributed by atoms with E-state index >= 15 is 0 Å². The Hall–Kier alpha value is -3.65. The fourth-order valence-corrected chi connectivity index (χ4v) is 3.12. The highest BCUT2D eigenvalue weighted by Gasteiger charge is 2.09. The van der Waals surface area contributed by atoms with Crippen LogP contribution in [0.15, 0.2) is 66.1 Å². The molecule has 30 heavy (non-hydrogen) atoms. The van der Waals surface area contributed by atoms with Crippen LogP contribution in [0.3, 0.4) is 0 Å². The van der Waals surface area contributed by atoms with Crippen LogP contribution < -0.4 is 5.43 Å². The monoisotopic (exact) mass is 402 g/mol. The van der Waals surface area contributed by atoms with Crippen molar-refractivity contribution in [2.45, 2.75) is 26.5 Å². The molecule has 0 aliphatic carbocycles. The van der Waals surface area contributed by atoms with E-state index in [0.717, 1.165) is 28.9 Å². The minimum atomic E-state index is -0.0975. The number of methoxy groups -OCH3 is 1. The first-order chi connectivity index (χ1) is 14.7. The summed E-state index contributed by atoms with van der Waals surface area (Å²) in [6.07, 6.45) is 9.22. The molecule has 8 nitrogen and oxygen atoms in total. The number of hydrogen-bond acceptors (Lipinski definition) is 6. The van der Waals surface area contributed by atoms with E-state index in [4.69, 9.17) is 4.74 Å². The van der Waals surface area contributed by atoms with Gasteiger partial charge in [0.05, 0.1) is 19.0 Å². The summed E-state index contributed by atoms with van der Waals surface area (Å²) in [6, 6.07) is 9.37. The number of benzene rings is 1. The van der Waals surface area contributed by atoms with E-state index in [9.17, 15) is 4.79 Å². The highest BCUT2D eigenvalue weighted by atomic mass is 16.5. The Bertz CT molecular complexity index is 1200. The van der Waals surface area contributed by atoms with Crippen LogP contribution in [0.5, 0.6) is 0 Å².